The van der Waals surface area contributed by atoms with Gasteiger partial charge in [-0.3, -0.25) is 0 Å². The van der Waals surface area contributed by atoms with Crippen LogP contribution in [0.4, 0.5) is 13.2 Å². The average molecular weight is 242 g/mol. The minimum absolute atomic E-state index is 0.183. The third kappa shape index (κ3) is 2.64. The molecule has 17 heavy (non-hydrogen) atoms. The SMILES string of the molecule is CC[C@H]1CC[C@H](c2cc(F)c(F)c(F)c2)CC1. The molecule has 0 heterocycles. The maximum absolute atomic E-state index is 13.1. The molecule has 0 atom stereocenters. The summed E-state index contributed by atoms with van der Waals surface area (Å²) < 4.78 is 39.1. The van der Waals surface area contributed by atoms with Crippen molar-refractivity contribution in [2.45, 2.75) is 44.9 Å². The fourth-order valence-electron chi connectivity index (χ4n) is 2.71. The van der Waals surface area contributed by atoms with Crippen LogP contribution in [0.3, 0.4) is 0 Å². The first-order valence-electron chi connectivity index (χ1n) is 6.26. The lowest BCUT2D eigenvalue weighted by atomic mass is 9.78. The third-order valence-electron chi connectivity index (χ3n) is 3.90. The van der Waals surface area contributed by atoms with Gasteiger partial charge in [0.05, 0.1) is 0 Å². The highest BCUT2D eigenvalue weighted by Gasteiger charge is 2.23. The summed E-state index contributed by atoms with van der Waals surface area (Å²) in [6.07, 6.45) is 5.26. The summed E-state index contributed by atoms with van der Waals surface area (Å²) in [5, 5.41) is 0. The molecular weight excluding hydrogens is 225 g/mol. The van der Waals surface area contributed by atoms with Gasteiger partial charge in [-0.2, -0.15) is 0 Å². The quantitative estimate of drug-likeness (QED) is 0.654. The molecule has 94 valence electrons. The normalized spacial score (nSPS) is 24.9. The van der Waals surface area contributed by atoms with Crippen molar-refractivity contribution < 1.29 is 13.2 Å². The Labute approximate surface area is 99.8 Å². The van der Waals surface area contributed by atoms with Crippen LogP contribution in [0.25, 0.3) is 0 Å². The Morgan fingerprint density at radius 2 is 1.53 bits per heavy atom. The minimum Gasteiger partial charge on any atom is -0.204 e. The molecule has 1 aromatic carbocycles. The summed E-state index contributed by atoms with van der Waals surface area (Å²) in [7, 11) is 0. The van der Waals surface area contributed by atoms with Gasteiger partial charge in [0.1, 0.15) is 0 Å². The second-order valence-electron chi connectivity index (χ2n) is 4.92. The van der Waals surface area contributed by atoms with E-state index in [9.17, 15) is 13.2 Å². The molecule has 0 nitrogen and oxygen atoms in total. The highest BCUT2D eigenvalue weighted by atomic mass is 19.2. The molecule has 0 aromatic heterocycles. The van der Waals surface area contributed by atoms with Crippen LogP contribution in [0.5, 0.6) is 0 Å². The standard InChI is InChI=1S/C14H17F3/c1-2-9-3-5-10(6-4-9)11-7-12(15)14(17)13(16)8-11/h7-10H,2-6H2,1H3/t9-,10-. The molecule has 1 saturated carbocycles. The Kier molecular flexibility index (Phi) is 3.75. The zero-order chi connectivity index (χ0) is 12.4. The number of rotatable bonds is 2. The van der Waals surface area contributed by atoms with Gasteiger partial charge >= 0.3 is 0 Å². The molecule has 0 amide bonds. The number of hydrogen-bond donors (Lipinski definition) is 0. The fraction of sp³-hybridized carbons (Fsp3) is 0.571. The number of hydrogen-bond acceptors (Lipinski definition) is 0. The van der Waals surface area contributed by atoms with Crippen molar-refractivity contribution in [2.24, 2.45) is 5.92 Å². The van der Waals surface area contributed by atoms with Crippen LogP contribution in [-0.2, 0) is 0 Å². The zero-order valence-corrected chi connectivity index (χ0v) is 9.98. The van der Waals surface area contributed by atoms with Crippen LogP contribution < -0.4 is 0 Å². The van der Waals surface area contributed by atoms with E-state index in [1.165, 1.54) is 6.42 Å². The lowest BCUT2D eigenvalue weighted by Gasteiger charge is -2.28. The fourth-order valence-corrected chi connectivity index (χ4v) is 2.71. The molecule has 2 rings (SSSR count). The van der Waals surface area contributed by atoms with Gasteiger partial charge in [0.2, 0.25) is 0 Å². The zero-order valence-electron chi connectivity index (χ0n) is 9.98. The molecule has 0 bridgehead atoms. The number of halogens is 3. The maximum Gasteiger partial charge on any atom is 0.194 e. The minimum atomic E-state index is -1.36. The molecular formula is C14H17F3. The van der Waals surface area contributed by atoms with Crippen molar-refractivity contribution in [1.29, 1.82) is 0 Å². The van der Waals surface area contributed by atoms with E-state index in [-0.39, 0.29) is 5.92 Å². The number of benzene rings is 1. The van der Waals surface area contributed by atoms with Crippen LogP contribution in [0.1, 0.15) is 50.5 Å². The van der Waals surface area contributed by atoms with Crippen molar-refractivity contribution >= 4 is 0 Å². The summed E-state index contributed by atoms with van der Waals surface area (Å²) in [5.74, 6) is -2.59. The van der Waals surface area contributed by atoms with Crippen molar-refractivity contribution in [1.82, 2.24) is 0 Å². The lowest BCUT2D eigenvalue weighted by Crippen LogP contribution is -2.13. The molecule has 0 aliphatic heterocycles. The van der Waals surface area contributed by atoms with Gasteiger partial charge < -0.3 is 0 Å². The predicted octanol–water partition coefficient (Wildman–Crippen LogP) is 4.79. The lowest BCUT2D eigenvalue weighted by molar-refractivity contribution is 0.317. The van der Waals surface area contributed by atoms with Crippen LogP contribution in [0, 0.1) is 23.4 Å². The predicted molar refractivity (Wildman–Crippen MR) is 61.3 cm³/mol. The highest BCUT2D eigenvalue weighted by Crippen LogP contribution is 2.37. The molecule has 0 radical (unpaired) electrons. The molecule has 1 fully saturated rings. The Morgan fingerprint density at radius 1 is 1.00 bits per heavy atom. The Balaban J connectivity index is 2.13. The van der Waals surface area contributed by atoms with Gasteiger partial charge in [0.15, 0.2) is 17.5 Å². The first-order chi connectivity index (χ1) is 8.11. The summed E-state index contributed by atoms with van der Waals surface area (Å²) in [6.45, 7) is 2.17. The van der Waals surface area contributed by atoms with Crippen LogP contribution in [0.2, 0.25) is 0 Å². The van der Waals surface area contributed by atoms with E-state index in [1.807, 2.05) is 0 Å². The van der Waals surface area contributed by atoms with E-state index in [0.717, 1.165) is 43.7 Å². The van der Waals surface area contributed by atoms with Crippen LogP contribution >= 0.6 is 0 Å². The smallest absolute Gasteiger partial charge is 0.194 e. The molecule has 0 spiro atoms. The highest BCUT2D eigenvalue weighted by molar-refractivity contribution is 5.23. The van der Waals surface area contributed by atoms with Gasteiger partial charge in [-0.15, -0.1) is 0 Å². The summed E-state index contributed by atoms with van der Waals surface area (Å²) >= 11 is 0. The second kappa shape index (κ2) is 5.11. The van der Waals surface area contributed by atoms with Gasteiger partial charge in [-0.05, 0) is 55.2 Å². The molecule has 0 saturated heterocycles. The van der Waals surface area contributed by atoms with Crippen LogP contribution in [0.15, 0.2) is 12.1 Å². The van der Waals surface area contributed by atoms with E-state index in [4.69, 9.17) is 0 Å². The molecule has 1 aromatic rings. The Hall–Kier alpha value is -0.990. The first kappa shape index (κ1) is 12.5. The van der Waals surface area contributed by atoms with Crippen molar-refractivity contribution in [3.8, 4) is 0 Å². The second-order valence-corrected chi connectivity index (χ2v) is 4.92. The van der Waals surface area contributed by atoms with Crippen molar-refractivity contribution in [3.63, 3.8) is 0 Å². The van der Waals surface area contributed by atoms with E-state index in [1.54, 1.807) is 0 Å². The first-order valence-corrected chi connectivity index (χ1v) is 6.26. The van der Waals surface area contributed by atoms with Crippen LogP contribution in [-0.4, -0.2) is 0 Å². The van der Waals surface area contributed by atoms with Gasteiger partial charge in [0, 0.05) is 0 Å². The van der Waals surface area contributed by atoms with Gasteiger partial charge in [0.25, 0.3) is 0 Å². The van der Waals surface area contributed by atoms with E-state index in [0.29, 0.717) is 5.56 Å². The third-order valence-corrected chi connectivity index (χ3v) is 3.90. The van der Waals surface area contributed by atoms with Gasteiger partial charge in [-0.25, -0.2) is 13.2 Å². The monoisotopic (exact) mass is 242 g/mol. The summed E-state index contributed by atoms with van der Waals surface area (Å²) in [5.41, 5.74) is 0.607. The molecule has 0 N–H and O–H groups in total. The largest absolute Gasteiger partial charge is 0.204 e. The van der Waals surface area contributed by atoms with E-state index < -0.39 is 17.5 Å². The molecule has 0 unspecified atom stereocenters. The molecule has 3 heteroatoms. The summed E-state index contributed by atoms with van der Waals surface area (Å²) in [6, 6.07) is 2.30. The van der Waals surface area contributed by atoms with Crippen molar-refractivity contribution in [2.75, 3.05) is 0 Å². The Bertz CT molecular complexity index is 369. The van der Waals surface area contributed by atoms with Crippen molar-refractivity contribution in [3.05, 3.63) is 35.1 Å². The summed E-state index contributed by atoms with van der Waals surface area (Å²) in [4.78, 5) is 0. The molecule has 1 aliphatic rings. The maximum atomic E-state index is 13.1. The Morgan fingerprint density at radius 3 is 2.00 bits per heavy atom. The topological polar surface area (TPSA) is 0 Å². The van der Waals surface area contributed by atoms with E-state index in [2.05, 4.69) is 6.92 Å². The average Bonchev–Trinajstić information content (AvgIpc) is 2.35. The molecule has 1 aliphatic carbocycles. The van der Waals surface area contributed by atoms with Gasteiger partial charge in [-0.1, -0.05) is 13.3 Å². The van der Waals surface area contributed by atoms with E-state index >= 15 is 0 Å².